The Labute approximate surface area is 57.7 Å². The molecule has 0 heterocycles. The van der Waals surface area contributed by atoms with Crippen molar-refractivity contribution in [3.05, 3.63) is 0 Å². The molecule has 0 spiro atoms. The maximum Gasteiger partial charge on any atom is 0.464 e. The van der Waals surface area contributed by atoms with Crippen LogP contribution in [0.3, 0.4) is 0 Å². The number of nitrogens with zero attached hydrogens (tertiary/aromatic N) is 1. The second kappa shape index (κ2) is 2.91. The fourth-order valence-corrected chi connectivity index (χ4v) is 0.771. The van der Waals surface area contributed by atoms with Gasteiger partial charge in [-0.2, -0.15) is 17.4 Å². The van der Waals surface area contributed by atoms with Crippen molar-refractivity contribution >= 4 is 22.4 Å². The molecule has 0 aromatic carbocycles. The van der Waals surface area contributed by atoms with Crippen molar-refractivity contribution in [2.75, 3.05) is 0 Å². The van der Waals surface area contributed by atoms with Crippen molar-refractivity contribution in [3.8, 4) is 0 Å². The number of alkyl halides is 3. The second-order valence-corrected chi connectivity index (χ2v) is 3.04. The standard InChI is InChI=1S/CF5NOS2/c2-1(3,4)9-7-10(5,6)8. The van der Waals surface area contributed by atoms with Gasteiger partial charge >= 0.3 is 16.0 Å². The van der Waals surface area contributed by atoms with Gasteiger partial charge in [-0.1, -0.05) is 7.77 Å². The van der Waals surface area contributed by atoms with E-state index in [9.17, 15) is 25.2 Å². The van der Waals surface area contributed by atoms with Crippen LogP contribution in [0.15, 0.2) is 3.77 Å². The fraction of sp³-hybridized carbons (Fsp3) is 1.00. The lowest BCUT2D eigenvalue weighted by molar-refractivity contribution is -0.0327. The van der Waals surface area contributed by atoms with E-state index < -0.39 is 28.0 Å². The van der Waals surface area contributed by atoms with E-state index in [1.807, 2.05) is 0 Å². The van der Waals surface area contributed by atoms with E-state index >= 15 is 0 Å². The van der Waals surface area contributed by atoms with Crippen molar-refractivity contribution in [2.24, 2.45) is 3.77 Å². The Morgan fingerprint density at radius 2 is 1.70 bits per heavy atom. The van der Waals surface area contributed by atoms with Gasteiger partial charge in [0, 0.05) is 0 Å². The molecule has 62 valence electrons. The van der Waals surface area contributed by atoms with Crippen LogP contribution in [0.25, 0.3) is 0 Å². The smallest absolute Gasteiger partial charge is 0.180 e. The van der Waals surface area contributed by atoms with E-state index in [4.69, 9.17) is 0 Å². The van der Waals surface area contributed by atoms with Crippen LogP contribution in [0.5, 0.6) is 0 Å². The Bertz CT molecular complexity index is 204. The fourth-order valence-electron chi connectivity index (χ4n) is 0.0856. The second-order valence-electron chi connectivity index (χ2n) is 1.01. The summed E-state index contributed by atoms with van der Waals surface area (Å²) in [4.78, 5) is 0. The summed E-state index contributed by atoms with van der Waals surface area (Å²) in [6.45, 7) is 0. The third kappa shape index (κ3) is 7.95. The van der Waals surface area contributed by atoms with Crippen LogP contribution in [-0.4, -0.2) is 9.72 Å². The van der Waals surface area contributed by atoms with Gasteiger partial charge in [-0.15, -0.1) is 3.77 Å². The average Bonchev–Trinajstić information content (AvgIpc) is 1.57. The topological polar surface area (TPSA) is 29.4 Å². The number of rotatable bonds is 1. The zero-order valence-corrected chi connectivity index (χ0v) is 5.69. The SMILES string of the molecule is O=S(F)(F)=NSC(F)(F)F. The Balaban J connectivity index is 4.13. The molecule has 0 atom stereocenters. The van der Waals surface area contributed by atoms with Gasteiger partial charge < -0.3 is 0 Å². The van der Waals surface area contributed by atoms with Gasteiger partial charge in [0.2, 0.25) is 0 Å². The summed E-state index contributed by atoms with van der Waals surface area (Å²) in [5, 5.41) is 0. The van der Waals surface area contributed by atoms with Gasteiger partial charge in [0.25, 0.3) is 0 Å². The van der Waals surface area contributed by atoms with Crippen molar-refractivity contribution in [2.45, 2.75) is 5.51 Å². The van der Waals surface area contributed by atoms with Gasteiger partial charge in [0.1, 0.15) is 11.9 Å². The lowest BCUT2D eigenvalue weighted by Gasteiger charge is -1.96. The molecule has 2 nitrogen and oxygen atoms in total. The first-order chi connectivity index (χ1) is 4.21. The molecule has 0 unspecified atom stereocenters. The predicted molar refractivity (Wildman–Crippen MR) is 26.4 cm³/mol. The lowest BCUT2D eigenvalue weighted by Crippen LogP contribution is -1.97. The summed E-state index contributed by atoms with van der Waals surface area (Å²) < 4.78 is 65.9. The summed E-state index contributed by atoms with van der Waals surface area (Å²) in [5.74, 6) is 0. The highest BCUT2D eigenvalue weighted by Gasteiger charge is 2.30. The number of hydrogen-bond acceptors (Lipinski definition) is 3. The summed E-state index contributed by atoms with van der Waals surface area (Å²) in [5.41, 5.74) is -4.90. The van der Waals surface area contributed by atoms with Crippen LogP contribution in [0.4, 0.5) is 20.9 Å². The van der Waals surface area contributed by atoms with Crippen molar-refractivity contribution < 1.29 is 25.2 Å². The Kier molecular flexibility index (Phi) is 2.89. The first kappa shape index (κ1) is 9.95. The molecule has 0 aliphatic carbocycles. The molecule has 0 aromatic rings. The van der Waals surface area contributed by atoms with Crippen molar-refractivity contribution in [1.29, 1.82) is 0 Å². The van der Waals surface area contributed by atoms with Crippen LogP contribution in [-0.2, 0) is 10.5 Å². The summed E-state index contributed by atoms with van der Waals surface area (Å²) in [6.07, 6.45) is 0. The average molecular weight is 201 g/mol. The van der Waals surface area contributed by atoms with Gasteiger partial charge in [0.05, 0.1) is 0 Å². The zero-order chi connectivity index (χ0) is 8.41. The van der Waals surface area contributed by atoms with E-state index in [0.717, 1.165) is 0 Å². The molecule has 0 bridgehead atoms. The van der Waals surface area contributed by atoms with Gasteiger partial charge in [-0.3, -0.25) is 0 Å². The summed E-state index contributed by atoms with van der Waals surface area (Å²) in [6, 6.07) is 0. The Hall–Kier alpha value is -0.0500. The lowest BCUT2D eigenvalue weighted by atomic mass is 11.6. The molecule has 0 aliphatic rings. The molecule has 0 rings (SSSR count). The molecule has 0 aliphatic heterocycles. The largest absolute Gasteiger partial charge is 0.464 e. The van der Waals surface area contributed by atoms with Crippen LogP contribution in [0.2, 0.25) is 0 Å². The third-order valence-corrected chi connectivity index (χ3v) is 1.43. The molecule has 9 heteroatoms. The van der Waals surface area contributed by atoms with E-state index in [-0.39, 0.29) is 0 Å². The van der Waals surface area contributed by atoms with Crippen LogP contribution >= 0.6 is 11.9 Å². The van der Waals surface area contributed by atoms with E-state index in [2.05, 4.69) is 0 Å². The molecular formula is CF5NOS2. The molecule has 0 saturated heterocycles. The molecule has 0 fully saturated rings. The normalized spacial score (nSPS) is 13.3. The highest BCUT2D eigenvalue weighted by Crippen LogP contribution is 2.32. The van der Waals surface area contributed by atoms with Crippen molar-refractivity contribution in [3.63, 3.8) is 0 Å². The minimum atomic E-state index is -5.64. The maximum absolute atomic E-state index is 11.1. The maximum atomic E-state index is 11.1. The molecular weight excluding hydrogens is 201 g/mol. The Morgan fingerprint density at radius 1 is 1.30 bits per heavy atom. The van der Waals surface area contributed by atoms with Crippen LogP contribution in [0, 0.1) is 0 Å². The number of hydrogen-bond donors (Lipinski definition) is 0. The Morgan fingerprint density at radius 3 is 1.80 bits per heavy atom. The summed E-state index contributed by atoms with van der Waals surface area (Å²) in [7, 11) is -5.64. The number of halogens is 5. The third-order valence-electron chi connectivity index (χ3n) is 0.228. The highest BCUT2D eigenvalue weighted by molar-refractivity contribution is 8.04. The van der Waals surface area contributed by atoms with Gasteiger partial charge in [-0.25, -0.2) is 0 Å². The van der Waals surface area contributed by atoms with E-state index in [1.165, 1.54) is 3.77 Å². The predicted octanol–water partition coefficient (Wildman–Crippen LogP) is 2.39. The van der Waals surface area contributed by atoms with Crippen LogP contribution < -0.4 is 0 Å². The molecule has 0 aromatic heterocycles. The molecule has 0 amide bonds. The van der Waals surface area contributed by atoms with Crippen LogP contribution in [0.1, 0.15) is 0 Å². The first-order valence-corrected chi connectivity index (χ1v) is 3.70. The van der Waals surface area contributed by atoms with E-state index in [0.29, 0.717) is 0 Å². The quantitative estimate of drug-likeness (QED) is 0.370. The molecule has 0 saturated carbocycles. The monoisotopic (exact) mass is 201 g/mol. The summed E-state index contributed by atoms with van der Waals surface area (Å²) >= 11 is -1.36. The minimum absolute atomic E-state index is 1.36. The van der Waals surface area contributed by atoms with Gasteiger partial charge in [0.15, 0.2) is 0 Å². The van der Waals surface area contributed by atoms with E-state index in [1.54, 1.807) is 0 Å². The first-order valence-electron chi connectivity index (χ1n) is 1.61. The zero-order valence-electron chi connectivity index (χ0n) is 4.06. The molecule has 10 heavy (non-hydrogen) atoms. The highest BCUT2D eigenvalue weighted by atomic mass is 32.3. The van der Waals surface area contributed by atoms with Gasteiger partial charge in [-0.05, 0) is 0 Å². The molecule has 0 N–H and O–H groups in total. The molecule has 0 radical (unpaired) electrons. The minimum Gasteiger partial charge on any atom is -0.180 e. The van der Waals surface area contributed by atoms with Crippen molar-refractivity contribution in [1.82, 2.24) is 0 Å².